The van der Waals surface area contributed by atoms with Crippen LogP contribution in [0.1, 0.15) is 1.43 Å². The summed E-state index contributed by atoms with van der Waals surface area (Å²) in [5.41, 5.74) is 0. The first kappa shape index (κ1) is 32.9. The van der Waals surface area contributed by atoms with Gasteiger partial charge < -0.3 is 58.0 Å². The van der Waals surface area contributed by atoms with Gasteiger partial charge in [-0.15, -0.1) is 0 Å². The Bertz CT molecular complexity index is 234. The zero-order valence-electron chi connectivity index (χ0n) is 11.9. The van der Waals surface area contributed by atoms with Crippen LogP contribution in [-0.4, -0.2) is 34.8 Å². The number of methoxy groups -OCH3 is 1. The molecule has 0 aliphatic rings. The molecule has 2 nitrogen and oxygen atoms in total. The van der Waals surface area contributed by atoms with Gasteiger partial charge in [-0.05, 0) is 0 Å². The quantitative estimate of drug-likeness (QED) is 0.308. The van der Waals surface area contributed by atoms with E-state index >= 15 is 0 Å². The van der Waals surface area contributed by atoms with Gasteiger partial charge in [0.25, 0.3) is 0 Å². The van der Waals surface area contributed by atoms with Crippen molar-refractivity contribution in [1.29, 1.82) is 0 Å². The third-order valence-electron chi connectivity index (χ3n) is 0.368. The van der Waals surface area contributed by atoms with E-state index in [4.69, 9.17) is 0 Å². The SMILES string of the molecule is C=CC(=O)OC.F[B-](F)(F)F.F[B-](F)(F)F.F[B-](F)(F)F.[H-].[Li+]. The van der Waals surface area contributed by atoms with Crippen LogP contribution < -0.4 is 18.9 Å². The van der Waals surface area contributed by atoms with E-state index in [1.54, 1.807) is 0 Å². The number of carbonyl (C=O) groups excluding carboxylic acids is 1. The molecular formula is C4H7B3F12LiO2-3. The van der Waals surface area contributed by atoms with Crippen molar-refractivity contribution in [2.24, 2.45) is 0 Å². The van der Waals surface area contributed by atoms with Gasteiger partial charge in [-0.1, -0.05) is 6.58 Å². The molecule has 0 rings (SSSR count). The molecule has 0 aromatic carbocycles. The van der Waals surface area contributed by atoms with Crippen LogP contribution in [0.3, 0.4) is 0 Å². The van der Waals surface area contributed by atoms with E-state index in [1.165, 1.54) is 7.11 Å². The van der Waals surface area contributed by atoms with Crippen molar-refractivity contribution in [3.8, 4) is 0 Å². The molecule has 0 aromatic rings. The van der Waals surface area contributed by atoms with Crippen LogP contribution in [0.15, 0.2) is 12.7 Å². The minimum Gasteiger partial charge on any atom is -1.00 e. The molecule has 0 unspecified atom stereocenters. The molecule has 132 valence electrons. The molecule has 0 amide bonds. The second kappa shape index (κ2) is 15.1. The predicted octanol–water partition coefficient (Wildman–Crippen LogP) is 1.36. The Kier molecular flexibility index (Phi) is 22.6. The van der Waals surface area contributed by atoms with Gasteiger partial charge in [-0.2, -0.15) is 0 Å². The Balaban J connectivity index is -0.0000000408. The zero-order valence-corrected chi connectivity index (χ0v) is 10.9. The normalized spacial score (nSPS) is 10.0. The van der Waals surface area contributed by atoms with Crippen LogP contribution in [0.25, 0.3) is 0 Å². The van der Waals surface area contributed by atoms with E-state index in [0.717, 1.165) is 6.08 Å². The number of carbonyl (C=O) groups is 1. The van der Waals surface area contributed by atoms with E-state index in [2.05, 4.69) is 11.3 Å². The second-order valence-electron chi connectivity index (χ2n) is 2.21. The summed E-state index contributed by atoms with van der Waals surface area (Å²) in [6, 6.07) is 0. The first-order chi connectivity index (χ1) is 8.81. The molecule has 0 saturated heterocycles. The summed E-state index contributed by atoms with van der Waals surface area (Å²) in [6.07, 6.45) is 1.11. The fraction of sp³-hybridized carbons (Fsp3) is 0.250. The topological polar surface area (TPSA) is 26.3 Å². The van der Waals surface area contributed by atoms with Crippen molar-refractivity contribution in [3.63, 3.8) is 0 Å². The summed E-state index contributed by atoms with van der Waals surface area (Å²) < 4.78 is 121. The van der Waals surface area contributed by atoms with Crippen molar-refractivity contribution in [3.05, 3.63) is 12.7 Å². The number of esters is 1. The second-order valence-corrected chi connectivity index (χ2v) is 2.21. The van der Waals surface area contributed by atoms with Gasteiger partial charge in [-0.25, -0.2) is 4.79 Å². The van der Waals surface area contributed by atoms with Gasteiger partial charge in [0.05, 0.1) is 7.11 Å². The van der Waals surface area contributed by atoms with Gasteiger partial charge >= 0.3 is 46.6 Å². The summed E-state index contributed by atoms with van der Waals surface area (Å²) in [6.45, 7) is 3.16. The third kappa shape index (κ3) is 632. The molecule has 0 aliphatic carbocycles. The minimum atomic E-state index is -6.00. The zero-order chi connectivity index (χ0) is 18.5. The summed E-state index contributed by atoms with van der Waals surface area (Å²) in [7, 11) is -16.7. The van der Waals surface area contributed by atoms with E-state index in [0.29, 0.717) is 0 Å². The number of halogens is 12. The van der Waals surface area contributed by atoms with E-state index in [1.807, 2.05) is 0 Å². The average molecular weight is 354 g/mol. The van der Waals surface area contributed by atoms with Crippen LogP contribution in [0, 0.1) is 0 Å². The molecule has 0 aliphatic heterocycles. The smallest absolute Gasteiger partial charge is 1.00 e. The van der Waals surface area contributed by atoms with Gasteiger partial charge in [0.1, 0.15) is 0 Å². The van der Waals surface area contributed by atoms with Crippen LogP contribution in [0.4, 0.5) is 51.8 Å². The molecule has 0 aromatic heterocycles. The first-order valence-electron chi connectivity index (χ1n) is 4.13. The fourth-order valence-electron chi connectivity index (χ4n) is 0.0833. The summed E-state index contributed by atoms with van der Waals surface area (Å²) in [5, 5.41) is 0. The number of hydrogen-bond acceptors (Lipinski definition) is 2. The van der Waals surface area contributed by atoms with Crippen LogP contribution in [0.5, 0.6) is 0 Å². The Hall–Kier alpha value is -0.838. The van der Waals surface area contributed by atoms with Crippen LogP contribution >= 0.6 is 0 Å². The fourth-order valence-corrected chi connectivity index (χ4v) is 0.0833. The van der Waals surface area contributed by atoms with Crippen molar-refractivity contribution in [2.75, 3.05) is 7.11 Å². The van der Waals surface area contributed by atoms with Gasteiger partial charge in [0.15, 0.2) is 0 Å². The summed E-state index contributed by atoms with van der Waals surface area (Å²) in [4.78, 5) is 9.84. The summed E-state index contributed by atoms with van der Waals surface area (Å²) in [5.74, 6) is -0.394. The Morgan fingerprint density at radius 2 is 0.955 bits per heavy atom. The number of rotatable bonds is 1. The van der Waals surface area contributed by atoms with E-state index in [9.17, 15) is 56.6 Å². The Morgan fingerprint density at radius 3 is 0.955 bits per heavy atom. The van der Waals surface area contributed by atoms with Crippen LogP contribution in [0.2, 0.25) is 0 Å². The molecule has 0 fully saturated rings. The third-order valence-corrected chi connectivity index (χ3v) is 0.368. The molecule has 18 heteroatoms. The van der Waals surface area contributed by atoms with E-state index in [-0.39, 0.29) is 20.3 Å². The maximum Gasteiger partial charge on any atom is 1.00 e. The Morgan fingerprint density at radius 1 is 0.818 bits per heavy atom. The molecule has 0 heterocycles. The maximum atomic E-state index is 9.84. The predicted molar refractivity (Wildman–Crippen MR) is 53.9 cm³/mol. The minimum absolute atomic E-state index is 0. The van der Waals surface area contributed by atoms with E-state index < -0.39 is 27.7 Å². The van der Waals surface area contributed by atoms with Crippen molar-refractivity contribution >= 4 is 27.7 Å². The van der Waals surface area contributed by atoms with Gasteiger partial charge in [-0.3, -0.25) is 0 Å². The first-order valence-corrected chi connectivity index (χ1v) is 4.13. The molecular weight excluding hydrogens is 347 g/mol. The monoisotopic (exact) mass is 355 g/mol. The average Bonchev–Trinajstić information content (AvgIpc) is 2.08. The molecule has 0 N–H and O–H groups in total. The number of hydrogen-bond donors (Lipinski definition) is 0. The summed E-state index contributed by atoms with van der Waals surface area (Å²) >= 11 is 0. The Labute approximate surface area is 130 Å². The molecule has 0 radical (unpaired) electrons. The molecule has 22 heavy (non-hydrogen) atoms. The van der Waals surface area contributed by atoms with Crippen molar-refractivity contribution in [2.45, 2.75) is 0 Å². The molecule has 0 bridgehead atoms. The van der Waals surface area contributed by atoms with Gasteiger partial charge in [0.2, 0.25) is 0 Å². The van der Waals surface area contributed by atoms with Crippen molar-refractivity contribution in [1.82, 2.24) is 0 Å². The van der Waals surface area contributed by atoms with Gasteiger partial charge in [0, 0.05) is 6.08 Å². The largest absolute Gasteiger partial charge is 1.00 e. The molecule has 0 saturated carbocycles. The van der Waals surface area contributed by atoms with Crippen LogP contribution in [-0.2, 0) is 9.53 Å². The standard InChI is InChI=1S/C4H6O2.3BF4.Li.H/c1-3-4(5)6-2;3*2-1(3,4)5;;/h3H,1H2,2H3;;;;;/q;3*-1;+1;-1. The van der Waals surface area contributed by atoms with Crippen molar-refractivity contribution < 1.29 is 81.6 Å². The molecule has 0 atom stereocenters. The number of ether oxygens (including phenoxy) is 1. The maximum absolute atomic E-state index is 9.84. The molecule has 0 spiro atoms.